The van der Waals surface area contributed by atoms with Gasteiger partial charge in [0.15, 0.2) is 9.84 Å². The van der Waals surface area contributed by atoms with E-state index in [0.717, 1.165) is 0 Å². The summed E-state index contributed by atoms with van der Waals surface area (Å²) in [6.07, 6.45) is 1.46. The maximum Gasteiger partial charge on any atom is 0.272 e. The van der Waals surface area contributed by atoms with Crippen molar-refractivity contribution < 1.29 is 18.3 Å². The zero-order valence-corrected chi connectivity index (χ0v) is 12.4. The van der Waals surface area contributed by atoms with Gasteiger partial charge in [-0.2, -0.15) is 0 Å². The summed E-state index contributed by atoms with van der Waals surface area (Å²) in [6, 6.07) is 2.85. The molecule has 1 aromatic heterocycles. The van der Waals surface area contributed by atoms with Gasteiger partial charge in [0.2, 0.25) is 0 Å². The standard InChI is InChI=1S/C14H16N2O4S/c1-11-10-21(19,20)8-6-16(11)14(18)13-5-4-12(9-15-13)3-2-7-17/h4-5,9,11,17H,6-8,10H2,1H3. The molecule has 1 aliphatic rings. The lowest BCUT2D eigenvalue weighted by molar-refractivity contribution is 0.0706. The van der Waals surface area contributed by atoms with Crippen molar-refractivity contribution in [2.75, 3.05) is 24.7 Å². The molecule has 21 heavy (non-hydrogen) atoms. The van der Waals surface area contributed by atoms with Gasteiger partial charge >= 0.3 is 0 Å². The number of aromatic nitrogens is 1. The molecule has 1 N–H and O–H groups in total. The topological polar surface area (TPSA) is 87.6 Å². The van der Waals surface area contributed by atoms with Crippen LogP contribution in [0.3, 0.4) is 0 Å². The molecular formula is C14H16N2O4S. The second-order valence-corrected chi connectivity index (χ2v) is 7.08. The van der Waals surface area contributed by atoms with Crippen molar-refractivity contribution in [3.8, 4) is 11.8 Å². The zero-order valence-electron chi connectivity index (χ0n) is 11.6. The minimum absolute atomic E-state index is 0.0108. The van der Waals surface area contributed by atoms with Crippen LogP contribution in [0, 0.1) is 11.8 Å². The maximum atomic E-state index is 12.3. The third-order valence-corrected chi connectivity index (χ3v) is 5.02. The number of nitrogens with zero attached hydrogens (tertiary/aromatic N) is 2. The zero-order chi connectivity index (χ0) is 15.5. The molecule has 1 atom stereocenters. The Morgan fingerprint density at radius 1 is 1.52 bits per heavy atom. The Morgan fingerprint density at radius 2 is 2.29 bits per heavy atom. The van der Waals surface area contributed by atoms with Gasteiger partial charge in [-0.3, -0.25) is 4.79 Å². The smallest absolute Gasteiger partial charge is 0.272 e. The second-order valence-electron chi connectivity index (χ2n) is 4.85. The van der Waals surface area contributed by atoms with Crippen LogP contribution in [0.2, 0.25) is 0 Å². The normalized spacial score (nSPS) is 20.5. The van der Waals surface area contributed by atoms with Crippen LogP contribution in [0.4, 0.5) is 0 Å². The molecule has 0 spiro atoms. The van der Waals surface area contributed by atoms with E-state index < -0.39 is 9.84 Å². The van der Waals surface area contributed by atoms with Crippen molar-refractivity contribution >= 4 is 15.7 Å². The highest BCUT2D eigenvalue weighted by molar-refractivity contribution is 7.91. The lowest BCUT2D eigenvalue weighted by Gasteiger charge is -2.32. The lowest BCUT2D eigenvalue weighted by atomic mass is 10.2. The maximum absolute atomic E-state index is 12.3. The molecular weight excluding hydrogens is 292 g/mol. The van der Waals surface area contributed by atoms with E-state index in [1.54, 1.807) is 19.1 Å². The van der Waals surface area contributed by atoms with Crippen LogP contribution in [0.25, 0.3) is 0 Å². The highest BCUT2D eigenvalue weighted by atomic mass is 32.2. The lowest BCUT2D eigenvalue weighted by Crippen LogP contribution is -2.49. The van der Waals surface area contributed by atoms with E-state index in [1.165, 1.54) is 11.1 Å². The molecule has 0 bridgehead atoms. The third-order valence-electron chi connectivity index (χ3n) is 3.23. The van der Waals surface area contributed by atoms with Gasteiger partial charge < -0.3 is 10.0 Å². The van der Waals surface area contributed by atoms with E-state index in [1.807, 2.05) is 0 Å². The van der Waals surface area contributed by atoms with E-state index in [2.05, 4.69) is 16.8 Å². The first-order valence-corrected chi connectivity index (χ1v) is 8.32. The van der Waals surface area contributed by atoms with Gasteiger partial charge in [-0.25, -0.2) is 13.4 Å². The van der Waals surface area contributed by atoms with Gasteiger partial charge in [0.25, 0.3) is 5.91 Å². The second kappa shape index (κ2) is 6.24. The minimum Gasteiger partial charge on any atom is -0.384 e. The average Bonchev–Trinajstić information content (AvgIpc) is 2.44. The van der Waals surface area contributed by atoms with Crippen molar-refractivity contribution in [3.05, 3.63) is 29.6 Å². The third kappa shape index (κ3) is 3.80. The molecule has 1 saturated heterocycles. The Balaban J connectivity index is 2.13. The van der Waals surface area contributed by atoms with E-state index in [4.69, 9.17) is 5.11 Å². The molecule has 2 rings (SSSR count). The van der Waals surface area contributed by atoms with Gasteiger partial charge in [-0.15, -0.1) is 0 Å². The van der Waals surface area contributed by atoms with Crippen LogP contribution in [0.1, 0.15) is 23.0 Å². The van der Waals surface area contributed by atoms with E-state index >= 15 is 0 Å². The molecule has 112 valence electrons. The summed E-state index contributed by atoms with van der Waals surface area (Å²) in [7, 11) is -3.05. The Labute approximate surface area is 123 Å². The number of aliphatic hydroxyl groups is 1. The molecule has 0 radical (unpaired) electrons. The summed E-state index contributed by atoms with van der Waals surface area (Å²) in [5.41, 5.74) is 0.866. The van der Waals surface area contributed by atoms with Gasteiger partial charge in [0.05, 0.1) is 11.5 Å². The fourth-order valence-electron chi connectivity index (χ4n) is 2.18. The first kappa shape index (κ1) is 15.5. The Morgan fingerprint density at radius 3 is 2.86 bits per heavy atom. The first-order valence-electron chi connectivity index (χ1n) is 6.50. The summed E-state index contributed by atoms with van der Waals surface area (Å²) in [5, 5.41) is 8.61. The molecule has 2 heterocycles. The number of hydrogen-bond acceptors (Lipinski definition) is 5. The van der Waals surface area contributed by atoms with Crippen LogP contribution >= 0.6 is 0 Å². The van der Waals surface area contributed by atoms with Crippen LogP contribution in [-0.2, 0) is 9.84 Å². The summed E-state index contributed by atoms with van der Waals surface area (Å²) in [6.45, 7) is 1.67. The highest BCUT2D eigenvalue weighted by Crippen LogP contribution is 2.14. The van der Waals surface area contributed by atoms with Crippen LogP contribution in [0.15, 0.2) is 18.3 Å². The molecule has 6 nitrogen and oxygen atoms in total. The summed E-state index contributed by atoms with van der Waals surface area (Å²) < 4.78 is 23.0. The average molecular weight is 308 g/mol. The van der Waals surface area contributed by atoms with Gasteiger partial charge in [0.1, 0.15) is 12.3 Å². The fraction of sp³-hybridized carbons (Fsp3) is 0.429. The number of aliphatic hydroxyl groups excluding tert-OH is 1. The van der Waals surface area contributed by atoms with E-state index in [0.29, 0.717) is 5.56 Å². The fourth-order valence-corrected chi connectivity index (χ4v) is 3.74. The van der Waals surface area contributed by atoms with Crippen molar-refractivity contribution in [3.63, 3.8) is 0 Å². The number of carbonyl (C=O) groups excluding carboxylic acids is 1. The minimum atomic E-state index is -3.05. The Bertz CT molecular complexity index is 686. The molecule has 7 heteroatoms. The van der Waals surface area contributed by atoms with Crippen molar-refractivity contribution in [1.29, 1.82) is 0 Å². The number of amides is 1. The van der Waals surface area contributed by atoms with Gasteiger partial charge in [-0.05, 0) is 19.1 Å². The predicted molar refractivity (Wildman–Crippen MR) is 77.4 cm³/mol. The number of carbonyl (C=O) groups is 1. The molecule has 0 saturated carbocycles. The van der Waals surface area contributed by atoms with E-state index in [9.17, 15) is 13.2 Å². The summed E-state index contributed by atoms with van der Waals surface area (Å²) in [5.74, 6) is 4.88. The quantitative estimate of drug-likeness (QED) is 0.719. The predicted octanol–water partition coefficient (Wildman–Crippen LogP) is -0.316. The molecule has 1 aliphatic heterocycles. The monoisotopic (exact) mass is 308 g/mol. The summed E-state index contributed by atoms with van der Waals surface area (Å²) in [4.78, 5) is 17.9. The molecule has 1 aromatic rings. The molecule has 0 aliphatic carbocycles. The van der Waals surface area contributed by atoms with Crippen molar-refractivity contribution in [2.24, 2.45) is 0 Å². The number of rotatable bonds is 1. The molecule has 1 amide bonds. The highest BCUT2D eigenvalue weighted by Gasteiger charge is 2.32. The molecule has 1 unspecified atom stereocenters. The largest absolute Gasteiger partial charge is 0.384 e. The van der Waals surface area contributed by atoms with Gasteiger partial charge in [-0.1, -0.05) is 11.8 Å². The van der Waals surface area contributed by atoms with Crippen LogP contribution < -0.4 is 0 Å². The first-order chi connectivity index (χ1) is 9.93. The van der Waals surface area contributed by atoms with Crippen LogP contribution in [0.5, 0.6) is 0 Å². The Kier molecular flexibility index (Phi) is 4.60. The Hall–Kier alpha value is -1.91. The molecule has 0 aromatic carbocycles. The number of sulfone groups is 1. The van der Waals surface area contributed by atoms with Crippen molar-refractivity contribution in [1.82, 2.24) is 9.88 Å². The molecule has 1 fully saturated rings. The van der Waals surface area contributed by atoms with Crippen molar-refractivity contribution in [2.45, 2.75) is 13.0 Å². The van der Waals surface area contributed by atoms with E-state index in [-0.39, 0.29) is 42.3 Å². The van der Waals surface area contributed by atoms with Gasteiger partial charge in [0, 0.05) is 24.3 Å². The number of hydrogen-bond donors (Lipinski definition) is 1. The SMILES string of the molecule is CC1CS(=O)(=O)CCN1C(=O)c1ccc(C#CCO)cn1. The number of pyridine rings is 1. The summed E-state index contributed by atoms with van der Waals surface area (Å²) >= 11 is 0. The van der Waals surface area contributed by atoms with Crippen LogP contribution in [-0.4, -0.2) is 60.0 Å².